The molecule has 1 unspecified atom stereocenters. The Morgan fingerprint density at radius 1 is 1.28 bits per heavy atom. The minimum Gasteiger partial charge on any atom is -0.330 e. The first-order chi connectivity index (χ1) is 8.90. The van der Waals surface area contributed by atoms with Crippen LogP contribution in [0.4, 0.5) is 0 Å². The van der Waals surface area contributed by atoms with Gasteiger partial charge in [-0.1, -0.05) is 30.3 Å². The minimum absolute atomic E-state index is 0.390. The van der Waals surface area contributed by atoms with Crippen LogP contribution in [0.25, 0.3) is 0 Å². The summed E-state index contributed by atoms with van der Waals surface area (Å²) in [4.78, 5) is 4.27. The molecule has 0 bridgehead atoms. The average Bonchev–Trinajstić information content (AvgIpc) is 2.93. The van der Waals surface area contributed by atoms with Gasteiger partial charge in [-0.2, -0.15) is 0 Å². The predicted molar refractivity (Wildman–Crippen MR) is 76.9 cm³/mol. The highest BCUT2D eigenvalue weighted by molar-refractivity contribution is 7.07. The fraction of sp³-hybridized carbons (Fsp3) is 0.357. The topological polar surface area (TPSA) is 50.9 Å². The Morgan fingerprint density at radius 2 is 2.11 bits per heavy atom. The molecule has 1 atom stereocenters. The molecular weight excluding hydrogens is 242 g/mol. The van der Waals surface area contributed by atoms with Gasteiger partial charge >= 0.3 is 0 Å². The molecule has 18 heavy (non-hydrogen) atoms. The van der Waals surface area contributed by atoms with Crippen LogP contribution in [0.15, 0.2) is 41.2 Å². The summed E-state index contributed by atoms with van der Waals surface area (Å²) in [7, 11) is 0. The third kappa shape index (κ3) is 3.91. The van der Waals surface area contributed by atoms with Gasteiger partial charge in [-0.25, -0.2) is 4.98 Å². The van der Waals surface area contributed by atoms with Crippen molar-refractivity contribution in [3.05, 3.63) is 52.5 Å². The molecule has 3 nitrogen and oxygen atoms in total. The summed E-state index contributed by atoms with van der Waals surface area (Å²) in [5.41, 5.74) is 10.2. The number of hydrogen-bond acceptors (Lipinski definition) is 4. The second kappa shape index (κ2) is 7.26. The lowest BCUT2D eigenvalue weighted by Crippen LogP contribution is -2.28. The molecule has 4 heteroatoms. The third-order valence-electron chi connectivity index (χ3n) is 2.99. The van der Waals surface area contributed by atoms with E-state index in [-0.39, 0.29) is 0 Å². The lowest BCUT2D eigenvalue weighted by atomic mass is 9.99. The molecule has 0 aliphatic carbocycles. The largest absolute Gasteiger partial charge is 0.330 e. The molecule has 0 fully saturated rings. The van der Waals surface area contributed by atoms with Crippen molar-refractivity contribution in [2.75, 3.05) is 19.6 Å². The van der Waals surface area contributed by atoms with Gasteiger partial charge in [0.25, 0.3) is 0 Å². The summed E-state index contributed by atoms with van der Waals surface area (Å²) in [5.74, 6) is 0.390. The molecule has 1 aromatic heterocycles. The maximum Gasteiger partial charge on any atom is 0.0794 e. The van der Waals surface area contributed by atoms with Gasteiger partial charge in [0.2, 0.25) is 0 Å². The zero-order valence-corrected chi connectivity index (χ0v) is 11.2. The van der Waals surface area contributed by atoms with Gasteiger partial charge in [0.05, 0.1) is 11.2 Å². The quantitative estimate of drug-likeness (QED) is 0.750. The summed E-state index contributed by atoms with van der Waals surface area (Å²) >= 11 is 1.65. The van der Waals surface area contributed by atoms with Crippen LogP contribution in [-0.4, -0.2) is 24.6 Å². The van der Waals surface area contributed by atoms with Crippen molar-refractivity contribution in [2.24, 2.45) is 5.73 Å². The molecule has 0 saturated heterocycles. The number of benzene rings is 1. The van der Waals surface area contributed by atoms with Crippen LogP contribution in [-0.2, 0) is 6.42 Å². The number of aromatic nitrogens is 1. The first-order valence-corrected chi connectivity index (χ1v) is 7.17. The monoisotopic (exact) mass is 261 g/mol. The van der Waals surface area contributed by atoms with Gasteiger partial charge in [-0.15, -0.1) is 11.3 Å². The van der Waals surface area contributed by atoms with Crippen LogP contribution in [0.1, 0.15) is 17.2 Å². The summed E-state index contributed by atoms with van der Waals surface area (Å²) in [6.07, 6.45) is 0.982. The molecular formula is C14H19N3S. The summed E-state index contributed by atoms with van der Waals surface area (Å²) < 4.78 is 0. The van der Waals surface area contributed by atoms with Crippen LogP contribution < -0.4 is 11.1 Å². The highest BCUT2D eigenvalue weighted by atomic mass is 32.1. The van der Waals surface area contributed by atoms with E-state index in [1.54, 1.807) is 11.3 Å². The molecule has 96 valence electrons. The highest BCUT2D eigenvalue weighted by Gasteiger charge is 2.08. The Kier molecular flexibility index (Phi) is 5.33. The molecule has 0 aliphatic rings. The SMILES string of the molecule is NCC(CNCCc1cscn1)c1ccccc1. The van der Waals surface area contributed by atoms with Crippen molar-refractivity contribution in [3.8, 4) is 0 Å². The highest BCUT2D eigenvalue weighted by Crippen LogP contribution is 2.12. The minimum atomic E-state index is 0.390. The standard InChI is InChI=1S/C14H19N3S/c15-8-13(12-4-2-1-3-5-12)9-16-7-6-14-10-18-11-17-14/h1-5,10-11,13,16H,6-9,15H2. The molecule has 2 aromatic rings. The lowest BCUT2D eigenvalue weighted by molar-refractivity contribution is 0.588. The van der Waals surface area contributed by atoms with Gasteiger partial charge < -0.3 is 11.1 Å². The Hall–Kier alpha value is -1.23. The zero-order chi connectivity index (χ0) is 12.6. The van der Waals surface area contributed by atoms with E-state index >= 15 is 0 Å². The van der Waals surface area contributed by atoms with E-state index < -0.39 is 0 Å². The molecule has 0 amide bonds. The van der Waals surface area contributed by atoms with Crippen molar-refractivity contribution in [3.63, 3.8) is 0 Å². The van der Waals surface area contributed by atoms with E-state index in [0.717, 1.165) is 25.2 Å². The molecule has 0 radical (unpaired) electrons. The average molecular weight is 261 g/mol. The van der Waals surface area contributed by atoms with Crippen molar-refractivity contribution >= 4 is 11.3 Å². The Morgan fingerprint density at radius 3 is 2.78 bits per heavy atom. The number of thiazole rings is 1. The number of nitrogens with zero attached hydrogens (tertiary/aromatic N) is 1. The second-order valence-electron chi connectivity index (χ2n) is 4.28. The normalized spacial score (nSPS) is 12.5. The third-order valence-corrected chi connectivity index (χ3v) is 3.62. The van der Waals surface area contributed by atoms with Crippen LogP contribution >= 0.6 is 11.3 Å². The number of hydrogen-bond donors (Lipinski definition) is 2. The Balaban J connectivity index is 1.74. The van der Waals surface area contributed by atoms with E-state index in [0.29, 0.717) is 12.5 Å². The van der Waals surface area contributed by atoms with E-state index in [9.17, 15) is 0 Å². The molecule has 1 aromatic carbocycles. The van der Waals surface area contributed by atoms with Crippen molar-refractivity contribution < 1.29 is 0 Å². The van der Waals surface area contributed by atoms with Crippen molar-refractivity contribution in [2.45, 2.75) is 12.3 Å². The smallest absolute Gasteiger partial charge is 0.0794 e. The van der Waals surface area contributed by atoms with Crippen molar-refractivity contribution in [1.82, 2.24) is 10.3 Å². The molecule has 0 aliphatic heterocycles. The maximum atomic E-state index is 5.83. The van der Waals surface area contributed by atoms with Gasteiger partial charge in [-0.3, -0.25) is 0 Å². The fourth-order valence-electron chi connectivity index (χ4n) is 1.92. The first kappa shape index (κ1) is 13.2. The lowest BCUT2D eigenvalue weighted by Gasteiger charge is -2.15. The van der Waals surface area contributed by atoms with Gasteiger partial charge in [0.15, 0.2) is 0 Å². The fourth-order valence-corrected chi connectivity index (χ4v) is 2.51. The maximum absolute atomic E-state index is 5.83. The molecule has 3 N–H and O–H groups in total. The summed E-state index contributed by atoms with van der Waals surface area (Å²) in [6, 6.07) is 10.4. The van der Waals surface area contributed by atoms with E-state index in [4.69, 9.17) is 5.73 Å². The van der Waals surface area contributed by atoms with Crippen LogP contribution in [0.5, 0.6) is 0 Å². The van der Waals surface area contributed by atoms with Gasteiger partial charge in [0, 0.05) is 37.4 Å². The first-order valence-electron chi connectivity index (χ1n) is 6.23. The predicted octanol–water partition coefficient (Wildman–Crippen LogP) is 2.02. The molecule has 0 spiro atoms. The zero-order valence-electron chi connectivity index (χ0n) is 10.4. The second-order valence-corrected chi connectivity index (χ2v) is 5.00. The number of nitrogens with two attached hydrogens (primary N) is 1. The number of rotatable bonds is 7. The van der Waals surface area contributed by atoms with E-state index in [1.165, 1.54) is 5.56 Å². The molecule has 0 saturated carbocycles. The van der Waals surface area contributed by atoms with Crippen LogP contribution in [0.3, 0.4) is 0 Å². The van der Waals surface area contributed by atoms with E-state index in [2.05, 4.69) is 39.9 Å². The van der Waals surface area contributed by atoms with Gasteiger partial charge in [-0.05, 0) is 5.56 Å². The molecule has 1 heterocycles. The van der Waals surface area contributed by atoms with Gasteiger partial charge in [0.1, 0.15) is 0 Å². The van der Waals surface area contributed by atoms with Crippen LogP contribution in [0.2, 0.25) is 0 Å². The Bertz CT molecular complexity index is 428. The summed E-state index contributed by atoms with van der Waals surface area (Å²) in [6.45, 7) is 2.55. The number of nitrogens with one attached hydrogen (secondary N) is 1. The van der Waals surface area contributed by atoms with Crippen molar-refractivity contribution in [1.29, 1.82) is 0 Å². The van der Waals surface area contributed by atoms with E-state index in [1.807, 2.05) is 11.6 Å². The van der Waals surface area contributed by atoms with Crippen LogP contribution in [0, 0.1) is 0 Å². The molecule has 2 rings (SSSR count). The Labute approximate surface area is 112 Å². The summed E-state index contributed by atoms with van der Waals surface area (Å²) in [5, 5.41) is 5.55.